The molecule has 1 nitrogen and oxygen atoms in total. The third-order valence-electron chi connectivity index (χ3n) is 4.85. The molecule has 0 aromatic rings. The molecule has 2 bridgehead atoms. The fourth-order valence-corrected chi connectivity index (χ4v) is 3.44. The lowest BCUT2D eigenvalue weighted by atomic mass is 9.65. The summed E-state index contributed by atoms with van der Waals surface area (Å²) in [4.78, 5) is 11.1. The van der Waals surface area contributed by atoms with Gasteiger partial charge in [-0.2, -0.15) is 0 Å². The summed E-state index contributed by atoms with van der Waals surface area (Å²) in [5.74, 6) is 1.39. The number of carbonyl (C=O) groups is 1. The lowest BCUT2D eigenvalue weighted by molar-refractivity contribution is -0.119. The minimum atomic E-state index is 0.0637. The van der Waals surface area contributed by atoms with Gasteiger partial charge in [0, 0.05) is 5.41 Å². The van der Waals surface area contributed by atoms with Crippen LogP contribution in [-0.4, -0.2) is 6.29 Å². The number of aldehydes is 1. The predicted molar refractivity (Wildman–Crippen MR) is 48.8 cm³/mol. The van der Waals surface area contributed by atoms with E-state index in [0.29, 0.717) is 11.3 Å². The van der Waals surface area contributed by atoms with Gasteiger partial charge in [-0.05, 0) is 36.5 Å². The Morgan fingerprint density at radius 2 is 2.08 bits per heavy atom. The average Bonchev–Trinajstić information content (AvgIpc) is 2.53. The van der Waals surface area contributed by atoms with E-state index in [0.717, 1.165) is 18.8 Å². The van der Waals surface area contributed by atoms with Gasteiger partial charge < -0.3 is 4.79 Å². The Morgan fingerprint density at radius 1 is 1.42 bits per heavy atom. The van der Waals surface area contributed by atoms with E-state index in [1.807, 2.05) is 0 Å². The largest absolute Gasteiger partial charge is 0.303 e. The van der Waals surface area contributed by atoms with Gasteiger partial charge in [-0.1, -0.05) is 20.8 Å². The van der Waals surface area contributed by atoms with Crippen LogP contribution >= 0.6 is 0 Å². The van der Waals surface area contributed by atoms with Gasteiger partial charge >= 0.3 is 0 Å². The van der Waals surface area contributed by atoms with Crippen LogP contribution < -0.4 is 0 Å². The predicted octanol–water partition coefficient (Wildman–Crippen LogP) is 2.65. The molecule has 0 aromatic carbocycles. The first-order valence-corrected chi connectivity index (χ1v) is 4.99. The van der Waals surface area contributed by atoms with Crippen LogP contribution in [0.25, 0.3) is 0 Å². The molecule has 0 aromatic heterocycles. The highest BCUT2D eigenvalue weighted by Gasteiger charge is 2.59. The monoisotopic (exact) mass is 166 g/mol. The van der Waals surface area contributed by atoms with Crippen LogP contribution in [0.3, 0.4) is 0 Å². The maximum atomic E-state index is 11.1. The fourth-order valence-electron chi connectivity index (χ4n) is 3.44. The number of hydrogen-bond donors (Lipinski definition) is 0. The molecular formula is C11H18O. The number of carbonyl (C=O) groups excluding carboxylic acids is 1. The summed E-state index contributed by atoms with van der Waals surface area (Å²) in [5.41, 5.74) is 0.466. The van der Waals surface area contributed by atoms with Crippen molar-refractivity contribution in [3.8, 4) is 0 Å². The molecule has 0 aliphatic heterocycles. The van der Waals surface area contributed by atoms with Crippen LogP contribution in [-0.2, 0) is 4.79 Å². The van der Waals surface area contributed by atoms with Gasteiger partial charge in [0.05, 0.1) is 0 Å². The second kappa shape index (κ2) is 2.12. The van der Waals surface area contributed by atoms with E-state index in [2.05, 4.69) is 20.8 Å². The van der Waals surface area contributed by atoms with Gasteiger partial charge in [-0.25, -0.2) is 0 Å². The van der Waals surface area contributed by atoms with Crippen molar-refractivity contribution >= 4 is 6.29 Å². The second-order valence-electron chi connectivity index (χ2n) is 5.33. The highest BCUT2D eigenvalue weighted by molar-refractivity contribution is 5.62. The van der Waals surface area contributed by atoms with E-state index in [1.165, 1.54) is 12.7 Å². The fraction of sp³-hybridized carbons (Fsp3) is 0.909. The average molecular weight is 166 g/mol. The second-order valence-corrected chi connectivity index (χ2v) is 5.33. The lowest BCUT2D eigenvalue weighted by Crippen LogP contribution is -2.35. The summed E-state index contributed by atoms with van der Waals surface area (Å²) in [6, 6.07) is 0. The third-order valence-corrected chi connectivity index (χ3v) is 4.85. The molecule has 0 spiro atoms. The normalized spacial score (nSPS) is 49.6. The first kappa shape index (κ1) is 8.28. The van der Waals surface area contributed by atoms with Crippen LogP contribution in [0.2, 0.25) is 0 Å². The molecule has 0 heterocycles. The summed E-state index contributed by atoms with van der Waals surface area (Å²) in [5, 5.41) is 0. The topological polar surface area (TPSA) is 17.1 Å². The smallest absolute Gasteiger partial charge is 0.126 e. The number of hydrogen-bond acceptors (Lipinski definition) is 1. The molecule has 2 fully saturated rings. The molecule has 0 amide bonds. The van der Waals surface area contributed by atoms with Crippen molar-refractivity contribution in [1.82, 2.24) is 0 Å². The molecule has 0 N–H and O–H groups in total. The molecule has 2 rings (SSSR count). The Bertz CT molecular complexity index is 219. The van der Waals surface area contributed by atoms with Gasteiger partial charge in [-0.3, -0.25) is 0 Å². The van der Waals surface area contributed by atoms with Crippen molar-refractivity contribution in [3.63, 3.8) is 0 Å². The summed E-state index contributed by atoms with van der Waals surface area (Å²) >= 11 is 0. The van der Waals surface area contributed by atoms with Crippen LogP contribution in [0.4, 0.5) is 0 Å². The van der Waals surface area contributed by atoms with Crippen LogP contribution in [0.1, 0.15) is 40.0 Å². The van der Waals surface area contributed by atoms with E-state index in [1.54, 1.807) is 0 Å². The lowest BCUT2D eigenvalue weighted by Gasteiger charge is -2.39. The number of rotatable bonds is 1. The van der Waals surface area contributed by atoms with Crippen molar-refractivity contribution < 1.29 is 4.79 Å². The quantitative estimate of drug-likeness (QED) is 0.547. The maximum Gasteiger partial charge on any atom is 0.126 e. The molecule has 3 atom stereocenters. The van der Waals surface area contributed by atoms with Gasteiger partial charge in [0.2, 0.25) is 0 Å². The molecule has 0 unspecified atom stereocenters. The molecule has 0 radical (unpaired) electrons. The molecule has 0 saturated heterocycles. The van der Waals surface area contributed by atoms with Gasteiger partial charge in [0.25, 0.3) is 0 Å². The van der Waals surface area contributed by atoms with Crippen LogP contribution in [0, 0.1) is 22.7 Å². The van der Waals surface area contributed by atoms with E-state index in [-0.39, 0.29) is 5.41 Å². The Balaban J connectivity index is 2.37. The zero-order chi connectivity index (χ0) is 8.98. The van der Waals surface area contributed by atoms with Crippen molar-refractivity contribution in [2.24, 2.45) is 22.7 Å². The Labute approximate surface area is 74.5 Å². The Hall–Kier alpha value is -0.330. The van der Waals surface area contributed by atoms with E-state index in [4.69, 9.17) is 0 Å². The molecular weight excluding hydrogens is 148 g/mol. The molecule has 1 heteroatoms. The maximum absolute atomic E-state index is 11.1. The van der Waals surface area contributed by atoms with Gasteiger partial charge in [-0.15, -0.1) is 0 Å². The first-order chi connectivity index (χ1) is 5.53. The molecule has 68 valence electrons. The minimum absolute atomic E-state index is 0.0637. The molecule has 2 aliphatic rings. The zero-order valence-corrected chi connectivity index (χ0v) is 8.26. The summed E-state index contributed by atoms with van der Waals surface area (Å²) in [6.07, 6.45) is 4.82. The third kappa shape index (κ3) is 0.725. The highest BCUT2D eigenvalue weighted by atomic mass is 16.1. The minimum Gasteiger partial charge on any atom is -0.303 e. The molecule has 12 heavy (non-hydrogen) atoms. The highest BCUT2D eigenvalue weighted by Crippen LogP contribution is 2.64. The number of fused-ring (bicyclic) bond motifs is 2. The van der Waals surface area contributed by atoms with Crippen molar-refractivity contribution in [2.45, 2.75) is 40.0 Å². The summed E-state index contributed by atoms with van der Waals surface area (Å²) < 4.78 is 0. The summed E-state index contributed by atoms with van der Waals surface area (Å²) in [6.45, 7) is 6.91. The van der Waals surface area contributed by atoms with Crippen LogP contribution in [0.5, 0.6) is 0 Å². The van der Waals surface area contributed by atoms with Gasteiger partial charge in [0.1, 0.15) is 6.29 Å². The zero-order valence-electron chi connectivity index (χ0n) is 8.26. The van der Waals surface area contributed by atoms with Crippen molar-refractivity contribution in [3.05, 3.63) is 0 Å². The van der Waals surface area contributed by atoms with Crippen LogP contribution in [0.15, 0.2) is 0 Å². The standard InChI is InChI=1S/C11H18O/c1-8-10(2,3)9-4-5-11(8,6-9)7-12/h7-9H,4-6H2,1-3H3/t8-,9+,11-/m0/s1. The Morgan fingerprint density at radius 3 is 2.42 bits per heavy atom. The van der Waals surface area contributed by atoms with E-state index < -0.39 is 0 Å². The van der Waals surface area contributed by atoms with E-state index >= 15 is 0 Å². The molecule has 2 saturated carbocycles. The van der Waals surface area contributed by atoms with E-state index in [9.17, 15) is 4.79 Å². The first-order valence-electron chi connectivity index (χ1n) is 4.99. The molecule has 2 aliphatic carbocycles. The Kier molecular flexibility index (Phi) is 1.47. The summed E-state index contributed by atoms with van der Waals surface area (Å²) in [7, 11) is 0. The van der Waals surface area contributed by atoms with Gasteiger partial charge in [0.15, 0.2) is 0 Å². The SMILES string of the molecule is C[C@H]1C(C)(C)[C@@H]2CC[C@@]1(C=O)C2. The van der Waals surface area contributed by atoms with Crippen molar-refractivity contribution in [1.29, 1.82) is 0 Å². The van der Waals surface area contributed by atoms with Crippen molar-refractivity contribution in [2.75, 3.05) is 0 Å².